The molecule has 0 radical (unpaired) electrons. The summed E-state index contributed by atoms with van der Waals surface area (Å²) in [5.74, 6) is -1.19. The van der Waals surface area contributed by atoms with Crippen molar-refractivity contribution in [1.29, 1.82) is 0 Å². The van der Waals surface area contributed by atoms with Crippen molar-refractivity contribution in [2.45, 2.75) is 94.9 Å². The van der Waals surface area contributed by atoms with E-state index in [1.807, 2.05) is 104 Å². The number of aliphatic carboxylic acids is 1. The Morgan fingerprint density at radius 1 is 0.844 bits per heavy atom. The Hall–Kier alpha value is -2.49. The van der Waals surface area contributed by atoms with Crippen LogP contribution < -0.4 is 68.6 Å². The first kappa shape index (κ1) is 55.8. The van der Waals surface area contributed by atoms with Gasteiger partial charge in [-0.3, -0.25) is 4.79 Å². The molecule has 14 nitrogen and oxygen atoms in total. The van der Waals surface area contributed by atoms with E-state index < -0.39 is 58.7 Å². The molecule has 1 aromatic heterocycles. The van der Waals surface area contributed by atoms with Gasteiger partial charge >= 0.3 is 70.9 Å². The van der Waals surface area contributed by atoms with Crippen LogP contribution in [0.2, 0.25) is 5.02 Å². The Bertz CT molecular complexity index is 2720. The molecule has 0 atom stereocenters. The maximum absolute atomic E-state index is 12.0. The number of benzene rings is 2. The normalized spacial score (nSPS) is 16.4. The Morgan fingerprint density at radius 2 is 1.52 bits per heavy atom. The largest absolute Gasteiger partial charge is 1.00 e. The third kappa shape index (κ3) is 15.0. The first-order valence-corrected chi connectivity index (χ1v) is 25.0. The second kappa shape index (κ2) is 23.0. The van der Waals surface area contributed by atoms with Gasteiger partial charge in [0.15, 0.2) is 5.71 Å². The van der Waals surface area contributed by atoms with Crippen molar-refractivity contribution >= 4 is 70.7 Å². The third-order valence-electron chi connectivity index (χ3n) is 11.0. The predicted molar refractivity (Wildman–Crippen MR) is 235 cm³/mol. The summed E-state index contributed by atoms with van der Waals surface area (Å²) in [5, 5.41) is 9.68. The maximum atomic E-state index is 12.0. The summed E-state index contributed by atoms with van der Waals surface area (Å²) in [6, 6.07) is 13.8. The molecule has 0 aliphatic carbocycles. The second-order valence-electron chi connectivity index (χ2n) is 16.4. The van der Waals surface area contributed by atoms with E-state index in [0.29, 0.717) is 60.9 Å². The van der Waals surface area contributed by atoms with Crippen molar-refractivity contribution in [3.05, 3.63) is 124 Å². The summed E-state index contributed by atoms with van der Waals surface area (Å²) < 4.78 is 105. The van der Waals surface area contributed by atoms with Crippen molar-refractivity contribution in [3.63, 3.8) is 0 Å². The summed E-state index contributed by atoms with van der Waals surface area (Å²) in [6.45, 7) is 8.54. The molecular formula is C44H50ClN3Na2O11S3. The zero-order chi connectivity index (χ0) is 45.7. The summed E-state index contributed by atoms with van der Waals surface area (Å²) >= 11 is 6.52. The molecule has 2 aliphatic heterocycles. The van der Waals surface area contributed by atoms with Gasteiger partial charge in [0, 0.05) is 41.3 Å². The number of aliphatic imine (C=N–C) groups is 1. The molecule has 0 unspecified atom stereocenters. The fourth-order valence-corrected chi connectivity index (χ4v) is 9.58. The van der Waals surface area contributed by atoms with Gasteiger partial charge in [0.25, 0.3) is 0 Å². The fraction of sp³-hybridized carbons (Fsp3) is 0.386. The van der Waals surface area contributed by atoms with Crippen molar-refractivity contribution in [1.82, 2.24) is 0 Å². The van der Waals surface area contributed by atoms with Crippen molar-refractivity contribution in [3.8, 4) is 0 Å². The van der Waals surface area contributed by atoms with Gasteiger partial charge in [-0.2, -0.15) is 0 Å². The summed E-state index contributed by atoms with van der Waals surface area (Å²) in [7, 11) is -13.5. The Balaban J connectivity index is 0.00000544. The van der Waals surface area contributed by atoms with Gasteiger partial charge in [0.2, 0.25) is 0 Å². The van der Waals surface area contributed by atoms with Gasteiger partial charge in [-0.25, -0.2) is 29.8 Å². The molecule has 2 aromatic carbocycles. The molecule has 1 N–H and O–H groups in total. The Kier molecular flexibility index (Phi) is 20.1. The number of pyridine rings is 1. The van der Waals surface area contributed by atoms with E-state index in [0.717, 1.165) is 33.7 Å². The number of hydrogen-bond acceptors (Lipinski definition) is 12. The molecule has 3 aromatic rings. The van der Waals surface area contributed by atoms with Gasteiger partial charge in [-0.15, -0.1) is 0 Å². The van der Waals surface area contributed by atoms with Crippen LogP contribution in [0, 0.1) is 0 Å². The molecule has 20 heteroatoms. The Labute approximate surface area is 426 Å². The van der Waals surface area contributed by atoms with Crippen molar-refractivity contribution in [2.24, 2.45) is 4.99 Å². The van der Waals surface area contributed by atoms with E-state index in [1.54, 1.807) is 12.3 Å². The monoisotopic (exact) mass is 973 g/mol. The fourth-order valence-electron chi connectivity index (χ4n) is 7.74. The molecule has 3 heterocycles. The maximum Gasteiger partial charge on any atom is 1.00 e. The number of hydrogen-bond donors (Lipinski definition) is 1. The topological polar surface area (TPSA) is 228 Å². The van der Waals surface area contributed by atoms with E-state index in [4.69, 9.17) is 16.6 Å². The van der Waals surface area contributed by atoms with Gasteiger partial charge in [-0.05, 0) is 116 Å². The summed E-state index contributed by atoms with van der Waals surface area (Å²) in [4.78, 5) is 17.7. The number of halogens is 1. The molecule has 2 aliphatic rings. The first-order valence-electron chi connectivity index (χ1n) is 20.0. The molecule has 5 rings (SSSR count). The minimum Gasteiger partial charge on any atom is -0.748 e. The van der Waals surface area contributed by atoms with Crippen LogP contribution in [-0.2, 0) is 58.9 Å². The molecule has 334 valence electrons. The molecule has 0 bridgehead atoms. The molecule has 0 saturated carbocycles. The SMILES string of the molecule is CC1(C)C(\C=C/C=C(/C=C/C=C2\N(CCCCS(=O)(=O)[O-])c3ccc(S(=O)(=O)[O-])cc3C2(C)C)c2cccc(CCCC(=O)O)c2)=Nc2c1cc(Cl)c[n+]2CCCCS(=O)(=O)[O-].[Na+].[Na+]. The minimum absolute atomic E-state index is 0. The van der Waals surface area contributed by atoms with Gasteiger partial charge < -0.3 is 23.7 Å². The number of carbonyl (C=O) groups is 1. The predicted octanol–water partition coefficient (Wildman–Crippen LogP) is 0.839. The summed E-state index contributed by atoms with van der Waals surface area (Å²) in [5.41, 5.74) is 4.80. The molecular weight excluding hydrogens is 924 g/mol. The van der Waals surface area contributed by atoms with Crippen LogP contribution in [0.1, 0.15) is 88.5 Å². The quantitative estimate of drug-likeness (QED) is 0.0547. The Morgan fingerprint density at radius 3 is 2.16 bits per heavy atom. The summed E-state index contributed by atoms with van der Waals surface area (Å²) in [6.07, 6.45) is 15.1. The van der Waals surface area contributed by atoms with E-state index in [1.165, 1.54) is 12.1 Å². The average molecular weight is 975 g/mol. The number of carboxylic acids is 1. The number of anilines is 1. The van der Waals surface area contributed by atoms with Crippen molar-refractivity contribution < 1.29 is 112 Å². The minimum atomic E-state index is -4.76. The molecule has 0 spiro atoms. The number of unbranched alkanes of at least 4 members (excludes halogenated alkanes) is 2. The van der Waals surface area contributed by atoms with Crippen LogP contribution in [0.25, 0.3) is 5.57 Å². The molecule has 0 saturated heterocycles. The van der Waals surface area contributed by atoms with Crippen LogP contribution in [-0.4, -0.2) is 73.7 Å². The number of aromatic nitrogens is 1. The van der Waals surface area contributed by atoms with Crippen molar-refractivity contribution in [2.75, 3.05) is 23.0 Å². The number of rotatable bonds is 20. The molecule has 0 amide bonds. The number of nitrogens with zero attached hydrogens (tertiary/aromatic N) is 3. The standard InChI is InChI=1S/C44H52ClN3O11S3.2Na/c1-43(2)37-28-34(45)30-47(23-5-7-25-60(51,52)53)42(37)46-39(43)18-11-15-32(33-17-9-13-31(27-33)14-10-20-41(49)50)16-12-19-40-44(3,4)36-29-35(62(57,58)59)21-22-38(36)48(40)24-6-8-26-61(54,55)56;;/h9,11-13,15-19,21-22,27-30H,5-8,10,14,20,23-26H2,1-4H3,(H3-,49,50,51,52,53,54,55,56,57,58,59);;/q;2*+1/p-2. The van der Waals surface area contributed by atoms with E-state index in [-0.39, 0.29) is 83.3 Å². The average Bonchev–Trinajstić information content (AvgIpc) is 3.53. The van der Waals surface area contributed by atoms with Crippen LogP contribution >= 0.6 is 11.6 Å². The number of carboxylic acid groups (broad SMARTS) is 1. The zero-order valence-corrected chi connectivity index (χ0v) is 44.1. The third-order valence-corrected chi connectivity index (χ3v) is 13.6. The number of aryl methyl sites for hydroxylation is 2. The van der Waals surface area contributed by atoms with Crippen LogP contribution in [0.5, 0.6) is 0 Å². The van der Waals surface area contributed by atoms with E-state index in [9.17, 15) is 48.8 Å². The van der Waals surface area contributed by atoms with Crippen LogP contribution in [0.15, 0.2) is 107 Å². The van der Waals surface area contributed by atoms with E-state index >= 15 is 0 Å². The van der Waals surface area contributed by atoms with Gasteiger partial charge in [0.05, 0.1) is 47.7 Å². The van der Waals surface area contributed by atoms with Gasteiger partial charge in [0.1, 0.15) is 16.3 Å². The van der Waals surface area contributed by atoms with Crippen LogP contribution in [0.3, 0.4) is 0 Å². The molecule has 64 heavy (non-hydrogen) atoms. The van der Waals surface area contributed by atoms with Gasteiger partial charge in [-0.1, -0.05) is 74.0 Å². The van der Waals surface area contributed by atoms with E-state index in [2.05, 4.69) is 0 Å². The smallest absolute Gasteiger partial charge is 0.748 e. The second-order valence-corrected chi connectivity index (χ2v) is 21.3. The first-order chi connectivity index (χ1) is 28.9. The number of fused-ring (bicyclic) bond motifs is 2. The molecule has 0 fully saturated rings. The van der Waals surface area contributed by atoms with Crippen LogP contribution in [0.4, 0.5) is 11.5 Å². The zero-order valence-electron chi connectivity index (χ0n) is 36.9. The number of allylic oxidation sites excluding steroid dienone is 8.